The summed E-state index contributed by atoms with van der Waals surface area (Å²) in [5.41, 5.74) is 1.86. The summed E-state index contributed by atoms with van der Waals surface area (Å²) >= 11 is 12.0. The van der Waals surface area contributed by atoms with E-state index in [1.165, 1.54) is 0 Å². The SMILES string of the molecule is CC(C)c1cc(Cl)c2ncc(Cl)n2c1. The Balaban J connectivity index is 2.75. The van der Waals surface area contributed by atoms with E-state index < -0.39 is 0 Å². The molecule has 0 saturated carbocycles. The number of imidazole rings is 1. The molecule has 14 heavy (non-hydrogen) atoms. The molecule has 0 bridgehead atoms. The van der Waals surface area contributed by atoms with Crippen LogP contribution < -0.4 is 0 Å². The van der Waals surface area contributed by atoms with Crippen molar-refractivity contribution in [3.05, 3.63) is 34.2 Å². The molecular formula is C10H10Cl2N2. The standard InChI is InChI=1S/C10H10Cl2N2/c1-6(2)7-3-8(11)10-13-4-9(12)14(10)5-7/h3-6H,1-2H3. The monoisotopic (exact) mass is 228 g/mol. The molecule has 2 rings (SSSR count). The van der Waals surface area contributed by atoms with Crippen molar-refractivity contribution >= 4 is 28.8 Å². The van der Waals surface area contributed by atoms with Crippen molar-refractivity contribution in [2.24, 2.45) is 0 Å². The second-order valence-corrected chi connectivity index (χ2v) is 4.35. The normalized spacial score (nSPS) is 11.5. The van der Waals surface area contributed by atoms with Gasteiger partial charge in [0.1, 0.15) is 5.15 Å². The quantitative estimate of drug-likeness (QED) is 0.727. The van der Waals surface area contributed by atoms with Crippen LogP contribution in [0.5, 0.6) is 0 Å². The first-order valence-electron chi connectivity index (χ1n) is 4.41. The molecule has 2 aromatic heterocycles. The largest absolute Gasteiger partial charge is 0.289 e. The summed E-state index contributed by atoms with van der Waals surface area (Å²) in [5, 5.41) is 1.23. The molecule has 2 nitrogen and oxygen atoms in total. The van der Waals surface area contributed by atoms with E-state index in [2.05, 4.69) is 18.8 Å². The van der Waals surface area contributed by atoms with Crippen molar-refractivity contribution in [3.8, 4) is 0 Å². The zero-order valence-corrected chi connectivity index (χ0v) is 9.47. The Morgan fingerprint density at radius 1 is 1.36 bits per heavy atom. The van der Waals surface area contributed by atoms with Crippen LogP contribution in [0.3, 0.4) is 0 Å². The number of halogens is 2. The number of pyridine rings is 1. The first kappa shape index (κ1) is 9.81. The molecule has 0 radical (unpaired) electrons. The van der Waals surface area contributed by atoms with Crippen LogP contribution in [0.15, 0.2) is 18.5 Å². The molecule has 0 saturated heterocycles. The molecule has 0 atom stereocenters. The molecule has 2 aromatic rings. The highest BCUT2D eigenvalue weighted by molar-refractivity contribution is 6.34. The lowest BCUT2D eigenvalue weighted by Crippen LogP contribution is -1.93. The lowest BCUT2D eigenvalue weighted by atomic mass is 10.1. The predicted molar refractivity (Wildman–Crippen MR) is 59.3 cm³/mol. The van der Waals surface area contributed by atoms with Gasteiger partial charge in [0.2, 0.25) is 0 Å². The number of fused-ring (bicyclic) bond motifs is 1. The molecule has 0 unspecified atom stereocenters. The van der Waals surface area contributed by atoms with Crippen LogP contribution in [0.2, 0.25) is 10.2 Å². The molecule has 0 fully saturated rings. The van der Waals surface area contributed by atoms with Crippen LogP contribution in [0.25, 0.3) is 5.65 Å². The lowest BCUT2D eigenvalue weighted by Gasteiger charge is -2.07. The fourth-order valence-electron chi connectivity index (χ4n) is 1.35. The maximum atomic E-state index is 6.08. The van der Waals surface area contributed by atoms with Crippen LogP contribution in [0.4, 0.5) is 0 Å². The zero-order chi connectivity index (χ0) is 10.3. The minimum atomic E-state index is 0.426. The summed E-state index contributed by atoms with van der Waals surface area (Å²) in [7, 11) is 0. The summed E-state index contributed by atoms with van der Waals surface area (Å²) in [4.78, 5) is 4.12. The van der Waals surface area contributed by atoms with Crippen LogP contribution in [-0.4, -0.2) is 9.38 Å². The highest BCUT2D eigenvalue weighted by atomic mass is 35.5. The molecule has 0 aliphatic rings. The molecule has 0 N–H and O–H groups in total. The Morgan fingerprint density at radius 3 is 2.71 bits per heavy atom. The molecule has 2 heterocycles. The van der Waals surface area contributed by atoms with Crippen LogP contribution >= 0.6 is 23.2 Å². The summed E-state index contributed by atoms with van der Waals surface area (Å²) in [6.45, 7) is 4.23. The minimum absolute atomic E-state index is 0.426. The molecule has 0 aliphatic carbocycles. The van der Waals surface area contributed by atoms with Gasteiger partial charge in [-0.2, -0.15) is 0 Å². The summed E-state index contributed by atoms with van der Waals surface area (Å²) in [5.74, 6) is 0.426. The fourth-order valence-corrected chi connectivity index (χ4v) is 1.80. The molecule has 0 spiro atoms. The predicted octanol–water partition coefficient (Wildman–Crippen LogP) is 3.76. The van der Waals surface area contributed by atoms with Gasteiger partial charge in [-0.05, 0) is 17.5 Å². The van der Waals surface area contributed by atoms with Crippen molar-refractivity contribution in [1.82, 2.24) is 9.38 Å². The van der Waals surface area contributed by atoms with E-state index in [1.807, 2.05) is 12.3 Å². The van der Waals surface area contributed by atoms with E-state index >= 15 is 0 Å². The van der Waals surface area contributed by atoms with Gasteiger partial charge in [-0.3, -0.25) is 4.40 Å². The Kier molecular flexibility index (Phi) is 2.41. The first-order chi connectivity index (χ1) is 6.59. The van der Waals surface area contributed by atoms with Gasteiger partial charge in [-0.1, -0.05) is 37.0 Å². The van der Waals surface area contributed by atoms with Crippen molar-refractivity contribution in [2.75, 3.05) is 0 Å². The number of aromatic nitrogens is 2. The summed E-state index contributed by atoms with van der Waals surface area (Å²) in [6, 6.07) is 1.94. The van der Waals surface area contributed by atoms with E-state index in [0.717, 1.165) is 5.56 Å². The van der Waals surface area contributed by atoms with Crippen molar-refractivity contribution < 1.29 is 0 Å². The van der Waals surface area contributed by atoms with Gasteiger partial charge < -0.3 is 0 Å². The van der Waals surface area contributed by atoms with Gasteiger partial charge >= 0.3 is 0 Å². The molecule has 4 heteroatoms. The fraction of sp³-hybridized carbons (Fsp3) is 0.300. The lowest BCUT2D eigenvalue weighted by molar-refractivity contribution is 0.854. The topological polar surface area (TPSA) is 17.3 Å². The third-order valence-corrected chi connectivity index (χ3v) is 2.76. The maximum absolute atomic E-state index is 6.08. The van der Waals surface area contributed by atoms with Crippen LogP contribution in [-0.2, 0) is 0 Å². The van der Waals surface area contributed by atoms with E-state index in [4.69, 9.17) is 23.2 Å². The molecule has 0 aliphatic heterocycles. The number of hydrogen-bond donors (Lipinski definition) is 0. The average Bonchev–Trinajstić information content (AvgIpc) is 2.48. The van der Waals surface area contributed by atoms with Crippen molar-refractivity contribution in [1.29, 1.82) is 0 Å². The first-order valence-corrected chi connectivity index (χ1v) is 5.17. The third kappa shape index (κ3) is 1.49. The van der Waals surface area contributed by atoms with Crippen LogP contribution in [0.1, 0.15) is 25.3 Å². The highest BCUT2D eigenvalue weighted by Gasteiger charge is 2.08. The van der Waals surface area contributed by atoms with Crippen LogP contribution in [0, 0.1) is 0 Å². The molecule has 0 aromatic carbocycles. The summed E-state index contributed by atoms with van der Waals surface area (Å²) < 4.78 is 1.80. The van der Waals surface area contributed by atoms with Gasteiger partial charge in [0, 0.05) is 6.20 Å². The molecule has 0 amide bonds. The second kappa shape index (κ2) is 3.44. The molecule has 74 valence electrons. The Morgan fingerprint density at radius 2 is 2.07 bits per heavy atom. The second-order valence-electron chi connectivity index (χ2n) is 3.55. The number of rotatable bonds is 1. The van der Waals surface area contributed by atoms with Crippen molar-refractivity contribution in [3.63, 3.8) is 0 Å². The number of nitrogens with zero attached hydrogens (tertiary/aromatic N) is 2. The Hall–Kier alpha value is -0.730. The van der Waals surface area contributed by atoms with E-state index in [1.54, 1.807) is 10.6 Å². The Labute approximate surface area is 92.5 Å². The van der Waals surface area contributed by atoms with E-state index in [0.29, 0.717) is 21.7 Å². The summed E-state index contributed by atoms with van der Waals surface area (Å²) in [6.07, 6.45) is 3.58. The van der Waals surface area contributed by atoms with E-state index in [9.17, 15) is 0 Å². The van der Waals surface area contributed by atoms with Gasteiger partial charge in [0.25, 0.3) is 0 Å². The average molecular weight is 229 g/mol. The highest BCUT2D eigenvalue weighted by Crippen LogP contribution is 2.25. The minimum Gasteiger partial charge on any atom is -0.289 e. The van der Waals surface area contributed by atoms with Crippen molar-refractivity contribution in [2.45, 2.75) is 19.8 Å². The zero-order valence-electron chi connectivity index (χ0n) is 7.96. The maximum Gasteiger partial charge on any atom is 0.156 e. The van der Waals surface area contributed by atoms with Gasteiger partial charge in [-0.25, -0.2) is 4.98 Å². The number of hydrogen-bond acceptors (Lipinski definition) is 1. The van der Waals surface area contributed by atoms with Gasteiger partial charge in [-0.15, -0.1) is 0 Å². The van der Waals surface area contributed by atoms with Gasteiger partial charge in [0.15, 0.2) is 5.65 Å². The van der Waals surface area contributed by atoms with E-state index in [-0.39, 0.29) is 0 Å². The third-order valence-electron chi connectivity index (χ3n) is 2.20. The smallest absolute Gasteiger partial charge is 0.156 e. The Bertz CT molecular complexity index is 474. The van der Waals surface area contributed by atoms with Gasteiger partial charge in [0.05, 0.1) is 11.2 Å². The molecular weight excluding hydrogens is 219 g/mol.